The lowest BCUT2D eigenvalue weighted by Gasteiger charge is -2.11. The van der Waals surface area contributed by atoms with Crippen molar-refractivity contribution in [2.75, 3.05) is 20.3 Å². The van der Waals surface area contributed by atoms with E-state index in [2.05, 4.69) is 0 Å². The number of rotatable bonds is 6. The molecule has 1 amide bonds. The standard InChI is InChI=1S/C12H12F3NO4/c1-19-9-2-3-10(8(4-9)5-17)20-6-11(18)16-7-12(13,14)15/h2-5H,6-7H2,1H3,(H,16,18). The molecule has 0 bridgehead atoms. The van der Waals surface area contributed by atoms with Crippen LogP contribution in [0, 0.1) is 0 Å². The monoisotopic (exact) mass is 291 g/mol. The molecule has 0 unspecified atom stereocenters. The average Bonchev–Trinajstić information content (AvgIpc) is 2.41. The third-order valence-corrected chi connectivity index (χ3v) is 2.19. The van der Waals surface area contributed by atoms with Crippen molar-refractivity contribution in [3.63, 3.8) is 0 Å². The topological polar surface area (TPSA) is 64.6 Å². The minimum Gasteiger partial charge on any atom is -0.497 e. The van der Waals surface area contributed by atoms with E-state index in [9.17, 15) is 22.8 Å². The Labute approximate surface area is 112 Å². The molecule has 0 saturated heterocycles. The Hall–Kier alpha value is -2.25. The molecule has 1 aromatic rings. The van der Waals surface area contributed by atoms with E-state index in [0.717, 1.165) is 0 Å². The van der Waals surface area contributed by atoms with E-state index in [0.29, 0.717) is 12.0 Å². The Morgan fingerprint density at radius 3 is 2.65 bits per heavy atom. The van der Waals surface area contributed by atoms with Crippen molar-refractivity contribution in [1.82, 2.24) is 5.32 Å². The first-order valence-electron chi connectivity index (χ1n) is 5.45. The summed E-state index contributed by atoms with van der Waals surface area (Å²) in [6.07, 6.45) is -3.99. The number of benzene rings is 1. The van der Waals surface area contributed by atoms with Crippen molar-refractivity contribution in [2.24, 2.45) is 0 Å². The van der Waals surface area contributed by atoms with Gasteiger partial charge in [-0.05, 0) is 18.2 Å². The molecule has 0 spiro atoms. The fraction of sp³-hybridized carbons (Fsp3) is 0.333. The van der Waals surface area contributed by atoms with E-state index in [1.165, 1.54) is 25.3 Å². The third kappa shape index (κ3) is 5.17. The first-order valence-corrected chi connectivity index (χ1v) is 5.45. The number of hydrogen-bond donors (Lipinski definition) is 1. The van der Waals surface area contributed by atoms with E-state index >= 15 is 0 Å². The molecule has 0 aromatic heterocycles. The van der Waals surface area contributed by atoms with Gasteiger partial charge in [-0.3, -0.25) is 9.59 Å². The zero-order valence-electron chi connectivity index (χ0n) is 10.5. The summed E-state index contributed by atoms with van der Waals surface area (Å²) in [4.78, 5) is 21.9. The van der Waals surface area contributed by atoms with E-state index in [1.807, 2.05) is 0 Å². The number of carbonyl (C=O) groups is 2. The fourth-order valence-corrected chi connectivity index (χ4v) is 1.27. The van der Waals surface area contributed by atoms with E-state index in [1.54, 1.807) is 5.32 Å². The minimum atomic E-state index is -4.48. The SMILES string of the molecule is COc1ccc(OCC(=O)NCC(F)(F)F)c(C=O)c1. The van der Waals surface area contributed by atoms with Gasteiger partial charge in [0.1, 0.15) is 18.0 Å². The largest absolute Gasteiger partial charge is 0.497 e. The van der Waals surface area contributed by atoms with Crippen molar-refractivity contribution in [3.05, 3.63) is 23.8 Å². The molecule has 0 heterocycles. The molecule has 20 heavy (non-hydrogen) atoms. The van der Waals surface area contributed by atoms with Crippen molar-refractivity contribution >= 4 is 12.2 Å². The summed E-state index contributed by atoms with van der Waals surface area (Å²) in [5.74, 6) is -0.432. The van der Waals surface area contributed by atoms with Crippen LogP contribution >= 0.6 is 0 Å². The molecule has 110 valence electrons. The van der Waals surface area contributed by atoms with Crippen LogP contribution in [0.15, 0.2) is 18.2 Å². The second-order valence-corrected chi connectivity index (χ2v) is 3.70. The van der Waals surface area contributed by atoms with Gasteiger partial charge in [-0.15, -0.1) is 0 Å². The molecule has 1 N–H and O–H groups in total. The highest BCUT2D eigenvalue weighted by Gasteiger charge is 2.27. The van der Waals surface area contributed by atoms with Crippen molar-refractivity contribution in [3.8, 4) is 11.5 Å². The average molecular weight is 291 g/mol. The Bertz CT molecular complexity index is 488. The maximum atomic E-state index is 11.9. The minimum absolute atomic E-state index is 0.0861. The van der Waals surface area contributed by atoms with Gasteiger partial charge in [0, 0.05) is 0 Å². The van der Waals surface area contributed by atoms with Gasteiger partial charge in [-0.25, -0.2) is 0 Å². The molecule has 0 saturated carbocycles. The van der Waals surface area contributed by atoms with E-state index in [-0.39, 0.29) is 11.3 Å². The summed E-state index contributed by atoms with van der Waals surface area (Å²) in [6, 6.07) is 4.27. The Morgan fingerprint density at radius 1 is 1.40 bits per heavy atom. The first kappa shape index (κ1) is 15.8. The highest BCUT2D eigenvalue weighted by Crippen LogP contribution is 2.22. The second kappa shape index (κ2) is 6.78. The van der Waals surface area contributed by atoms with Crippen LogP contribution in [0.2, 0.25) is 0 Å². The summed E-state index contributed by atoms with van der Waals surface area (Å²) in [5, 5.41) is 1.65. The van der Waals surface area contributed by atoms with Crippen molar-refractivity contribution < 1.29 is 32.2 Å². The zero-order chi connectivity index (χ0) is 15.2. The van der Waals surface area contributed by atoms with Crippen LogP contribution in [0.4, 0.5) is 13.2 Å². The smallest absolute Gasteiger partial charge is 0.405 e. The number of ether oxygens (including phenoxy) is 2. The van der Waals surface area contributed by atoms with Gasteiger partial charge in [0.15, 0.2) is 12.9 Å². The summed E-state index contributed by atoms with van der Waals surface area (Å²) in [5.41, 5.74) is 0.132. The Kier molecular flexibility index (Phi) is 5.36. The molecule has 5 nitrogen and oxygen atoms in total. The molecule has 0 fully saturated rings. The van der Waals surface area contributed by atoms with Gasteiger partial charge < -0.3 is 14.8 Å². The van der Waals surface area contributed by atoms with Gasteiger partial charge in [-0.2, -0.15) is 13.2 Å². The predicted molar refractivity (Wildman–Crippen MR) is 62.9 cm³/mol. The number of amides is 1. The molecule has 0 radical (unpaired) electrons. The highest BCUT2D eigenvalue weighted by atomic mass is 19.4. The molecule has 1 rings (SSSR count). The van der Waals surface area contributed by atoms with E-state index in [4.69, 9.17) is 9.47 Å². The van der Waals surface area contributed by atoms with E-state index < -0.39 is 25.2 Å². The van der Waals surface area contributed by atoms with Gasteiger partial charge in [-0.1, -0.05) is 0 Å². The fourth-order valence-electron chi connectivity index (χ4n) is 1.27. The van der Waals surface area contributed by atoms with Gasteiger partial charge in [0.05, 0.1) is 12.7 Å². The van der Waals surface area contributed by atoms with Crippen LogP contribution in [0.3, 0.4) is 0 Å². The number of hydrogen-bond acceptors (Lipinski definition) is 4. The molecular formula is C12H12F3NO4. The normalized spacial score (nSPS) is 10.8. The Morgan fingerprint density at radius 2 is 2.10 bits per heavy atom. The summed E-state index contributed by atoms with van der Waals surface area (Å²) >= 11 is 0. The van der Waals surface area contributed by atoms with Crippen molar-refractivity contribution in [2.45, 2.75) is 6.18 Å². The van der Waals surface area contributed by atoms with Crippen LogP contribution < -0.4 is 14.8 Å². The number of methoxy groups -OCH3 is 1. The van der Waals surface area contributed by atoms with Gasteiger partial charge in [0.25, 0.3) is 5.91 Å². The zero-order valence-corrected chi connectivity index (χ0v) is 10.5. The molecule has 0 aliphatic rings. The second-order valence-electron chi connectivity index (χ2n) is 3.70. The number of alkyl halides is 3. The number of aldehydes is 1. The number of carbonyl (C=O) groups excluding carboxylic acids is 2. The summed E-state index contributed by atoms with van der Waals surface area (Å²) < 4.78 is 45.5. The lowest BCUT2D eigenvalue weighted by atomic mass is 10.2. The number of nitrogens with one attached hydrogen (secondary N) is 1. The lowest BCUT2D eigenvalue weighted by molar-refractivity contribution is -0.139. The number of halogens is 3. The third-order valence-electron chi connectivity index (χ3n) is 2.19. The highest BCUT2D eigenvalue weighted by molar-refractivity contribution is 5.81. The maximum absolute atomic E-state index is 11.9. The first-order chi connectivity index (χ1) is 9.35. The van der Waals surface area contributed by atoms with Crippen molar-refractivity contribution in [1.29, 1.82) is 0 Å². The molecule has 8 heteroatoms. The molecule has 1 aromatic carbocycles. The maximum Gasteiger partial charge on any atom is 0.405 e. The van der Waals surface area contributed by atoms with Crippen LogP contribution in [0.1, 0.15) is 10.4 Å². The van der Waals surface area contributed by atoms with Crippen LogP contribution in [0.5, 0.6) is 11.5 Å². The molecule has 0 atom stereocenters. The molecule has 0 aliphatic heterocycles. The molecule has 0 aliphatic carbocycles. The molecular weight excluding hydrogens is 279 g/mol. The van der Waals surface area contributed by atoms with Crippen LogP contribution in [-0.2, 0) is 4.79 Å². The Balaban J connectivity index is 2.57. The van der Waals surface area contributed by atoms with Gasteiger partial charge >= 0.3 is 6.18 Å². The summed E-state index contributed by atoms with van der Waals surface area (Å²) in [7, 11) is 1.41. The predicted octanol–water partition coefficient (Wildman–Crippen LogP) is 1.57. The lowest BCUT2D eigenvalue weighted by Crippen LogP contribution is -2.36. The van der Waals surface area contributed by atoms with Gasteiger partial charge in [0.2, 0.25) is 0 Å². The quantitative estimate of drug-likeness (QED) is 0.808. The summed E-state index contributed by atoms with van der Waals surface area (Å²) in [6.45, 7) is -2.05. The van der Waals surface area contributed by atoms with Crippen LogP contribution in [-0.4, -0.2) is 38.6 Å². The van der Waals surface area contributed by atoms with Crippen LogP contribution in [0.25, 0.3) is 0 Å².